The van der Waals surface area contributed by atoms with Gasteiger partial charge >= 0.3 is 0 Å². The molecule has 1 heterocycles. The van der Waals surface area contributed by atoms with Gasteiger partial charge in [0, 0.05) is 11.4 Å². The minimum atomic E-state index is -0.345. The number of anilines is 1. The number of aliphatic hydroxyl groups is 1. The molecule has 0 unspecified atom stereocenters. The molecule has 1 amide bonds. The fraction of sp³-hybridized carbons (Fsp3) is 0.269. The summed E-state index contributed by atoms with van der Waals surface area (Å²) in [4.78, 5) is 14.8. The van der Waals surface area contributed by atoms with Gasteiger partial charge in [0.15, 0.2) is 0 Å². The Hall–Kier alpha value is -3.21. The van der Waals surface area contributed by atoms with Crippen molar-refractivity contribution < 1.29 is 18.7 Å². The number of allylic oxidation sites excluding steroid dienone is 4. The van der Waals surface area contributed by atoms with Crippen molar-refractivity contribution in [3.63, 3.8) is 0 Å². The number of amides is 1. The van der Waals surface area contributed by atoms with Crippen molar-refractivity contribution in [2.45, 2.75) is 37.5 Å². The minimum absolute atomic E-state index is 0.0104. The number of nitrogens with zero attached hydrogens (tertiary/aromatic N) is 1. The third-order valence-electron chi connectivity index (χ3n) is 6.71. The van der Waals surface area contributed by atoms with Crippen molar-refractivity contribution in [2.24, 2.45) is 5.92 Å². The molecule has 158 valence electrons. The van der Waals surface area contributed by atoms with Gasteiger partial charge in [-0.05, 0) is 97.2 Å². The molecule has 0 aromatic heterocycles. The van der Waals surface area contributed by atoms with Crippen LogP contribution in [0.3, 0.4) is 0 Å². The summed E-state index contributed by atoms with van der Waals surface area (Å²) < 4.78 is 26.7. The Morgan fingerprint density at radius 3 is 2.19 bits per heavy atom. The highest BCUT2D eigenvalue weighted by molar-refractivity contribution is 6.08. The lowest BCUT2D eigenvalue weighted by Crippen LogP contribution is -2.51. The molecule has 2 fully saturated rings. The van der Waals surface area contributed by atoms with E-state index in [9.17, 15) is 18.7 Å². The van der Waals surface area contributed by atoms with E-state index < -0.39 is 0 Å². The molecule has 1 aliphatic heterocycles. The van der Waals surface area contributed by atoms with Crippen LogP contribution in [0.4, 0.5) is 14.5 Å². The summed E-state index contributed by atoms with van der Waals surface area (Å²) in [6, 6.07) is 12.6. The zero-order valence-corrected chi connectivity index (χ0v) is 17.0. The van der Waals surface area contributed by atoms with Gasteiger partial charge in [-0.3, -0.25) is 9.69 Å². The number of aliphatic hydroxyl groups excluding tert-OH is 1. The minimum Gasteiger partial charge on any atom is -0.508 e. The van der Waals surface area contributed by atoms with Crippen LogP contribution in [0.15, 0.2) is 83.8 Å². The van der Waals surface area contributed by atoms with Crippen molar-refractivity contribution >= 4 is 11.6 Å². The number of halogens is 2. The smallest absolute Gasteiger partial charge is 0.240 e. The van der Waals surface area contributed by atoms with E-state index in [1.165, 1.54) is 24.3 Å². The number of benzene rings is 2. The molecule has 1 saturated heterocycles. The molecule has 31 heavy (non-hydrogen) atoms. The summed E-state index contributed by atoms with van der Waals surface area (Å²) in [5.41, 5.74) is 3.72. The Morgan fingerprint density at radius 1 is 0.968 bits per heavy atom. The average molecular weight is 419 g/mol. The van der Waals surface area contributed by atoms with Crippen LogP contribution in [0.1, 0.15) is 37.7 Å². The molecule has 0 bridgehead atoms. The quantitative estimate of drug-likeness (QED) is 0.595. The van der Waals surface area contributed by atoms with Gasteiger partial charge < -0.3 is 5.11 Å². The fourth-order valence-corrected chi connectivity index (χ4v) is 4.75. The molecule has 2 aromatic carbocycles. The summed E-state index contributed by atoms with van der Waals surface area (Å²) in [5.74, 6) is -0.598. The summed E-state index contributed by atoms with van der Waals surface area (Å²) in [5, 5.41) is 9.70. The van der Waals surface area contributed by atoms with Crippen LogP contribution in [0.25, 0.3) is 0 Å². The Bertz CT molecular complexity index is 1110. The first kappa shape index (κ1) is 19.7. The topological polar surface area (TPSA) is 40.5 Å². The number of carbonyl (C=O) groups is 1. The van der Waals surface area contributed by atoms with Crippen LogP contribution in [0.5, 0.6) is 0 Å². The third kappa shape index (κ3) is 3.58. The van der Waals surface area contributed by atoms with Gasteiger partial charge in [0.05, 0.1) is 5.92 Å². The summed E-state index contributed by atoms with van der Waals surface area (Å²) in [7, 11) is 0. The van der Waals surface area contributed by atoms with Crippen molar-refractivity contribution in [3.05, 3.63) is 101 Å². The predicted octanol–water partition coefficient (Wildman–Crippen LogP) is 6.10. The zero-order chi connectivity index (χ0) is 21.6. The van der Waals surface area contributed by atoms with E-state index in [0.717, 1.165) is 36.1 Å². The maximum absolute atomic E-state index is 13.4. The Balaban J connectivity index is 1.41. The normalized spacial score (nSPS) is 24.1. The number of rotatable bonds is 5. The predicted molar refractivity (Wildman–Crippen MR) is 115 cm³/mol. The summed E-state index contributed by atoms with van der Waals surface area (Å²) in [6.07, 6.45) is 9.41. The molecule has 2 aliphatic carbocycles. The van der Waals surface area contributed by atoms with Crippen LogP contribution in [0.2, 0.25) is 0 Å². The monoisotopic (exact) mass is 419 g/mol. The lowest BCUT2D eigenvalue weighted by Gasteiger charge is -2.43. The molecular formula is C26H23F2NO2. The molecule has 1 atom stereocenters. The first-order valence-corrected chi connectivity index (χ1v) is 10.6. The van der Waals surface area contributed by atoms with E-state index in [-0.39, 0.29) is 34.6 Å². The number of hydrogen-bond acceptors (Lipinski definition) is 2. The van der Waals surface area contributed by atoms with E-state index in [0.29, 0.717) is 18.5 Å². The number of carbonyl (C=O) groups excluding carboxylic acids is 1. The molecule has 2 aromatic rings. The molecular weight excluding hydrogens is 396 g/mol. The van der Waals surface area contributed by atoms with Gasteiger partial charge in [-0.15, -0.1) is 0 Å². The SMILES string of the molecule is O=C1[C@H](CCC2(c3ccc(F)cc3)CC2)/C(=C2/C=CC(O)=CC2)N1c1ccc(F)cc1. The van der Waals surface area contributed by atoms with Crippen LogP contribution < -0.4 is 4.90 Å². The van der Waals surface area contributed by atoms with Gasteiger partial charge in [0.2, 0.25) is 5.91 Å². The van der Waals surface area contributed by atoms with E-state index in [2.05, 4.69) is 0 Å². The van der Waals surface area contributed by atoms with Crippen molar-refractivity contribution in [1.82, 2.24) is 0 Å². The van der Waals surface area contributed by atoms with Crippen molar-refractivity contribution in [2.75, 3.05) is 4.90 Å². The molecule has 0 spiro atoms. The first-order chi connectivity index (χ1) is 15.0. The van der Waals surface area contributed by atoms with Crippen LogP contribution >= 0.6 is 0 Å². The van der Waals surface area contributed by atoms with E-state index in [1.807, 2.05) is 18.2 Å². The van der Waals surface area contributed by atoms with Crippen molar-refractivity contribution in [3.8, 4) is 0 Å². The van der Waals surface area contributed by atoms with Crippen LogP contribution in [-0.2, 0) is 10.2 Å². The molecule has 3 aliphatic rings. The van der Waals surface area contributed by atoms with Crippen LogP contribution in [0, 0.1) is 17.6 Å². The largest absolute Gasteiger partial charge is 0.508 e. The maximum atomic E-state index is 13.4. The van der Waals surface area contributed by atoms with Gasteiger partial charge in [0.25, 0.3) is 0 Å². The second kappa shape index (κ2) is 7.49. The molecule has 5 rings (SSSR count). The first-order valence-electron chi connectivity index (χ1n) is 10.6. The van der Waals surface area contributed by atoms with E-state index in [4.69, 9.17) is 0 Å². The highest BCUT2D eigenvalue weighted by atomic mass is 19.1. The lowest BCUT2D eigenvalue weighted by atomic mass is 9.79. The standard InChI is InChI=1S/C26H23F2NO2/c27-19-5-3-18(4-6-19)26(15-16-26)14-13-23-24(17-1-11-22(30)12-2-17)29(25(23)31)21-9-7-20(28)8-10-21/h1,3-12,23,30H,2,13-16H2/b24-17+/t23-/m1/s1. The summed E-state index contributed by atoms with van der Waals surface area (Å²) in [6.45, 7) is 0. The zero-order valence-electron chi connectivity index (χ0n) is 17.0. The lowest BCUT2D eigenvalue weighted by molar-refractivity contribution is -0.125. The van der Waals surface area contributed by atoms with Gasteiger partial charge in [-0.25, -0.2) is 8.78 Å². The van der Waals surface area contributed by atoms with E-state index >= 15 is 0 Å². The summed E-state index contributed by atoms with van der Waals surface area (Å²) >= 11 is 0. The Morgan fingerprint density at radius 2 is 1.61 bits per heavy atom. The molecule has 1 saturated carbocycles. The van der Waals surface area contributed by atoms with Crippen LogP contribution in [-0.4, -0.2) is 11.0 Å². The average Bonchev–Trinajstić information content (AvgIpc) is 3.56. The Kier molecular flexibility index (Phi) is 4.77. The van der Waals surface area contributed by atoms with Gasteiger partial charge in [0.1, 0.15) is 17.4 Å². The molecule has 5 heteroatoms. The van der Waals surface area contributed by atoms with E-state index in [1.54, 1.807) is 29.2 Å². The van der Waals surface area contributed by atoms with Gasteiger partial charge in [-0.1, -0.05) is 18.2 Å². The highest BCUT2D eigenvalue weighted by Crippen LogP contribution is 2.54. The van der Waals surface area contributed by atoms with Crippen molar-refractivity contribution in [1.29, 1.82) is 0 Å². The second-order valence-electron chi connectivity index (χ2n) is 8.61. The highest BCUT2D eigenvalue weighted by Gasteiger charge is 2.49. The van der Waals surface area contributed by atoms with Gasteiger partial charge in [-0.2, -0.15) is 0 Å². The molecule has 3 nitrogen and oxygen atoms in total. The maximum Gasteiger partial charge on any atom is 0.240 e. The second-order valence-corrected chi connectivity index (χ2v) is 8.61. The fourth-order valence-electron chi connectivity index (χ4n) is 4.75. The third-order valence-corrected chi connectivity index (χ3v) is 6.71. The molecule has 0 radical (unpaired) electrons. The number of β-lactam (4-membered cyclic amide) rings is 1. The Labute approximate surface area is 180 Å². The number of hydrogen-bond donors (Lipinski definition) is 1. The molecule has 1 N–H and O–H groups in total.